The molecule has 0 spiro atoms. The molecule has 2 bridgehead atoms. The van der Waals surface area contributed by atoms with Gasteiger partial charge in [-0.25, -0.2) is 9.59 Å². The van der Waals surface area contributed by atoms with Gasteiger partial charge in [-0.2, -0.15) is 0 Å². The summed E-state index contributed by atoms with van der Waals surface area (Å²) in [5, 5.41) is 10.8. The highest BCUT2D eigenvalue weighted by molar-refractivity contribution is 5.92. The highest BCUT2D eigenvalue weighted by atomic mass is 16.6. The van der Waals surface area contributed by atoms with Gasteiger partial charge in [-0.1, -0.05) is 18.7 Å². The van der Waals surface area contributed by atoms with E-state index in [-0.39, 0.29) is 12.0 Å². The van der Waals surface area contributed by atoms with Crippen molar-refractivity contribution in [3.8, 4) is 0 Å². The molecule has 0 aliphatic carbocycles. The number of rotatable bonds is 2. The third-order valence-electron chi connectivity index (χ3n) is 5.31. The van der Waals surface area contributed by atoms with Gasteiger partial charge >= 0.3 is 11.9 Å². The van der Waals surface area contributed by atoms with Crippen LogP contribution in [-0.4, -0.2) is 40.6 Å². The summed E-state index contributed by atoms with van der Waals surface area (Å²) in [4.78, 5) is 24.5. The van der Waals surface area contributed by atoms with Gasteiger partial charge in [0, 0.05) is 17.6 Å². The molecule has 0 radical (unpaired) electrons. The quantitative estimate of drug-likeness (QED) is 0.462. The first-order chi connectivity index (χ1) is 12.1. The van der Waals surface area contributed by atoms with Crippen LogP contribution in [0.15, 0.2) is 47.6 Å². The van der Waals surface area contributed by atoms with Crippen LogP contribution in [0.3, 0.4) is 0 Å². The maximum absolute atomic E-state index is 12.4. The van der Waals surface area contributed by atoms with Crippen LogP contribution >= 0.6 is 0 Å². The van der Waals surface area contributed by atoms with E-state index in [9.17, 15) is 14.7 Å². The van der Waals surface area contributed by atoms with E-state index >= 15 is 0 Å². The smallest absolute Gasteiger partial charge is 0.334 e. The van der Waals surface area contributed by atoms with Gasteiger partial charge in [-0.3, -0.25) is 0 Å². The summed E-state index contributed by atoms with van der Waals surface area (Å²) in [6.45, 7) is 10.8. The maximum atomic E-state index is 12.4. The summed E-state index contributed by atoms with van der Waals surface area (Å²) in [6, 6.07) is 0. The average Bonchev–Trinajstić information content (AvgIpc) is 3.03. The highest BCUT2D eigenvalue weighted by Gasteiger charge is 2.52. The van der Waals surface area contributed by atoms with E-state index in [0.29, 0.717) is 11.1 Å². The molecule has 140 valence electrons. The van der Waals surface area contributed by atoms with Crippen molar-refractivity contribution in [1.29, 1.82) is 0 Å². The van der Waals surface area contributed by atoms with E-state index in [0.717, 1.165) is 0 Å². The molecule has 0 saturated carbocycles. The van der Waals surface area contributed by atoms with Crippen LogP contribution in [-0.2, 0) is 23.8 Å². The minimum absolute atomic E-state index is 0.256. The first kappa shape index (κ1) is 18.6. The summed E-state index contributed by atoms with van der Waals surface area (Å²) < 4.78 is 17.0. The number of fused-ring (bicyclic) bond motifs is 3. The predicted octanol–water partition coefficient (Wildman–Crippen LogP) is 2.35. The third kappa shape index (κ3) is 3.04. The van der Waals surface area contributed by atoms with E-state index in [4.69, 9.17) is 14.2 Å². The monoisotopic (exact) mass is 360 g/mol. The lowest BCUT2D eigenvalue weighted by molar-refractivity contribution is -0.188. The van der Waals surface area contributed by atoms with Gasteiger partial charge in [0.15, 0.2) is 0 Å². The van der Waals surface area contributed by atoms with E-state index in [2.05, 4.69) is 6.58 Å². The number of esters is 2. The summed E-state index contributed by atoms with van der Waals surface area (Å²) in [5.41, 5.74) is 0.367. The van der Waals surface area contributed by atoms with Crippen molar-refractivity contribution >= 4 is 11.9 Å². The zero-order valence-corrected chi connectivity index (χ0v) is 15.4. The molecule has 6 heteroatoms. The van der Waals surface area contributed by atoms with E-state index in [1.807, 2.05) is 0 Å². The molecule has 1 saturated heterocycles. The number of allylic oxidation sites excluding steroid dienone is 1. The topological polar surface area (TPSA) is 82.1 Å². The Morgan fingerprint density at radius 2 is 2.15 bits per heavy atom. The highest BCUT2D eigenvalue weighted by Crippen LogP contribution is 2.44. The number of carbonyl (C=O) groups excluding carboxylic acids is 2. The zero-order chi connectivity index (χ0) is 19.3. The SMILES string of the molecule is C=C1C(=O)O[C@@H]2/C=C(/C)[C@@]3(O)C=C[C@@](C)(C[C@@H](OC(=O)/C(C)=C\C)[C@@H]12)O3. The minimum Gasteiger partial charge on any atom is -0.458 e. The maximum Gasteiger partial charge on any atom is 0.334 e. The van der Waals surface area contributed by atoms with Crippen LogP contribution < -0.4 is 0 Å². The van der Waals surface area contributed by atoms with Gasteiger partial charge in [0.25, 0.3) is 0 Å². The molecule has 5 atom stereocenters. The second-order valence-corrected chi connectivity index (χ2v) is 7.33. The molecule has 1 fully saturated rings. The van der Waals surface area contributed by atoms with E-state index < -0.39 is 41.5 Å². The fourth-order valence-electron chi connectivity index (χ4n) is 3.57. The van der Waals surface area contributed by atoms with E-state index in [1.54, 1.807) is 52.0 Å². The van der Waals surface area contributed by atoms with Crippen molar-refractivity contribution in [3.05, 3.63) is 47.6 Å². The van der Waals surface area contributed by atoms with Gasteiger partial charge in [0.2, 0.25) is 5.79 Å². The van der Waals surface area contributed by atoms with Crippen molar-refractivity contribution in [1.82, 2.24) is 0 Å². The van der Waals surface area contributed by atoms with Crippen molar-refractivity contribution in [3.63, 3.8) is 0 Å². The van der Waals surface area contributed by atoms with Gasteiger partial charge in [-0.05, 0) is 45.4 Å². The first-order valence-electron chi connectivity index (χ1n) is 8.64. The Bertz CT molecular complexity index is 760. The van der Waals surface area contributed by atoms with Crippen LogP contribution in [0.5, 0.6) is 0 Å². The minimum atomic E-state index is -1.58. The third-order valence-corrected chi connectivity index (χ3v) is 5.31. The lowest BCUT2D eigenvalue weighted by atomic mass is 9.83. The van der Waals surface area contributed by atoms with Crippen molar-refractivity contribution in [2.24, 2.45) is 5.92 Å². The molecule has 0 unspecified atom stereocenters. The van der Waals surface area contributed by atoms with Crippen LogP contribution in [0.2, 0.25) is 0 Å². The Hall–Kier alpha value is -2.18. The lowest BCUT2D eigenvalue weighted by Gasteiger charge is -2.33. The number of hydrogen-bond acceptors (Lipinski definition) is 6. The fourth-order valence-corrected chi connectivity index (χ4v) is 3.57. The molecule has 0 aromatic rings. The summed E-state index contributed by atoms with van der Waals surface area (Å²) in [5.74, 6) is -3.10. The molecule has 1 N–H and O–H groups in total. The molecular formula is C20H24O6. The van der Waals surface area contributed by atoms with Crippen molar-refractivity contribution in [2.75, 3.05) is 0 Å². The molecule has 3 heterocycles. The summed E-state index contributed by atoms with van der Waals surface area (Å²) >= 11 is 0. The summed E-state index contributed by atoms with van der Waals surface area (Å²) in [6.07, 6.45) is 5.52. The molecule has 26 heavy (non-hydrogen) atoms. The number of hydrogen-bond donors (Lipinski definition) is 1. The van der Waals surface area contributed by atoms with Crippen molar-refractivity contribution in [2.45, 2.75) is 57.7 Å². The Morgan fingerprint density at radius 1 is 1.46 bits per heavy atom. The standard InChI is InChI=1S/C20H24O6/c1-6-11(2)17(21)25-15-10-19(5)7-8-20(23,26-19)12(3)9-14-16(15)13(4)18(22)24-14/h6-9,14-16,23H,4,10H2,1-3,5H3/b11-6-,12-9-/t14-,15-,16+,19+,20-/m1/s1. The fraction of sp³-hybridized carbons (Fsp3) is 0.500. The van der Waals surface area contributed by atoms with Gasteiger partial charge in [0.1, 0.15) is 12.2 Å². The molecule has 3 aliphatic rings. The molecule has 0 amide bonds. The number of ether oxygens (including phenoxy) is 3. The Kier molecular flexibility index (Phi) is 4.45. The van der Waals surface area contributed by atoms with Gasteiger partial charge in [-0.15, -0.1) is 0 Å². The molecule has 3 rings (SSSR count). The molecule has 3 aliphatic heterocycles. The normalized spacial score (nSPS) is 41.5. The molecule has 6 nitrogen and oxygen atoms in total. The molecular weight excluding hydrogens is 336 g/mol. The van der Waals surface area contributed by atoms with Gasteiger partial charge < -0.3 is 19.3 Å². The van der Waals surface area contributed by atoms with E-state index in [1.165, 1.54) is 0 Å². The van der Waals surface area contributed by atoms with Crippen LogP contribution in [0.25, 0.3) is 0 Å². The average molecular weight is 360 g/mol. The zero-order valence-electron chi connectivity index (χ0n) is 15.4. The van der Waals surface area contributed by atoms with Crippen LogP contribution in [0, 0.1) is 5.92 Å². The van der Waals surface area contributed by atoms with Crippen molar-refractivity contribution < 1.29 is 28.9 Å². The van der Waals surface area contributed by atoms with Crippen LogP contribution in [0.4, 0.5) is 0 Å². The van der Waals surface area contributed by atoms with Crippen LogP contribution in [0.1, 0.15) is 34.1 Å². The second-order valence-electron chi connectivity index (χ2n) is 7.33. The second kappa shape index (κ2) is 6.21. The predicted molar refractivity (Wildman–Crippen MR) is 93.8 cm³/mol. The first-order valence-corrected chi connectivity index (χ1v) is 8.64. The Morgan fingerprint density at radius 3 is 2.81 bits per heavy atom. The summed E-state index contributed by atoms with van der Waals surface area (Å²) in [7, 11) is 0. The number of carbonyl (C=O) groups is 2. The molecule has 0 aromatic heterocycles. The largest absolute Gasteiger partial charge is 0.458 e. The lowest BCUT2D eigenvalue weighted by Crippen LogP contribution is -2.40. The Balaban J connectivity index is 2.04. The van der Waals surface area contributed by atoms with Gasteiger partial charge in [0.05, 0.1) is 11.5 Å². The number of aliphatic hydroxyl groups is 1. The molecule has 0 aromatic carbocycles. The Labute approximate surface area is 152 Å².